The Morgan fingerprint density at radius 3 is 2.19 bits per heavy atom. The molecule has 2 aromatic carbocycles. The predicted molar refractivity (Wildman–Crippen MR) is 66.0 cm³/mol. The van der Waals surface area contributed by atoms with Gasteiger partial charge in [0.25, 0.3) is 0 Å². The van der Waals surface area contributed by atoms with Crippen molar-refractivity contribution in [2.75, 3.05) is 6.54 Å². The minimum absolute atomic E-state index is 0.640. The Morgan fingerprint density at radius 1 is 0.875 bits per heavy atom. The molecule has 1 aliphatic rings. The van der Waals surface area contributed by atoms with Crippen molar-refractivity contribution in [1.82, 2.24) is 4.90 Å². The zero-order valence-electron chi connectivity index (χ0n) is 9.21. The Hall–Kier alpha value is -1.60. The second-order valence-corrected chi connectivity index (χ2v) is 4.34. The minimum Gasteiger partial charge on any atom is -0.289 e. The van der Waals surface area contributed by atoms with E-state index in [9.17, 15) is 0 Å². The summed E-state index contributed by atoms with van der Waals surface area (Å²) in [6, 6.07) is 22.1. The summed E-state index contributed by atoms with van der Waals surface area (Å²) in [4.78, 5) is 2.49. The molecule has 0 bridgehead atoms. The lowest BCUT2D eigenvalue weighted by molar-refractivity contribution is 0.509. The van der Waals surface area contributed by atoms with Crippen molar-refractivity contribution >= 4 is 0 Å². The van der Waals surface area contributed by atoms with Crippen LogP contribution in [-0.4, -0.2) is 11.4 Å². The number of rotatable bonds is 3. The first-order valence-corrected chi connectivity index (χ1v) is 5.76. The van der Waals surface area contributed by atoms with Gasteiger partial charge in [0.05, 0.1) is 0 Å². The van der Waals surface area contributed by atoms with Crippen LogP contribution in [0.25, 0.3) is 0 Å². The molecule has 0 radical (unpaired) electrons. The van der Waals surface area contributed by atoms with Gasteiger partial charge in [0.1, 0.15) is 0 Å². The van der Waals surface area contributed by atoms with Gasteiger partial charge < -0.3 is 0 Å². The molecule has 2 aromatic rings. The molecule has 2 atom stereocenters. The third-order valence-electron chi connectivity index (χ3n) is 3.13. The summed E-state index contributed by atoms with van der Waals surface area (Å²) >= 11 is 0. The molecule has 16 heavy (non-hydrogen) atoms. The summed E-state index contributed by atoms with van der Waals surface area (Å²) < 4.78 is 0. The fourth-order valence-corrected chi connectivity index (χ4v) is 2.16. The number of hydrogen-bond acceptors (Lipinski definition) is 1. The molecule has 1 heteroatoms. The van der Waals surface area contributed by atoms with Gasteiger partial charge >= 0.3 is 0 Å². The highest BCUT2D eigenvalue weighted by atomic mass is 15.3. The summed E-state index contributed by atoms with van der Waals surface area (Å²) in [6.45, 7) is 2.26. The maximum atomic E-state index is 2.49. The molecular formula is C15H15N. The molecule has 0 amide bonds. The molecule has 0 spiro atoms. The molecule has 80 valence electrons. The van der Waals surface area contributed by atoms with E-state index in [1.165, 1.54) is 17.7 Å². The fourth-order valence-electron chi connectivity index (χ4n) is 2.16. The largest absolute Gasteiger partial charge is 0.289 e. The Bertz CT molecular complexity index is 449. The highest BCUT2D eigenvalue weighted by Gasteiger charge is 2.34. The maximum absolute atomic E-state index is 2.49. The smallest absolute Gasteiger partial charge is 0.0479 e. The van der Waals surface area contributed by atoms with Gasteiger partial charge in [-0.2, -0.15) is 0 Å². The Kier molecular flexibility index (Phi) is 2.47. The third-order valence-corrected chi connectivity index (χ3v) is 3.13. The van der Waals surface area contributed by atoms with E-state index in [4.69, 9.17) is 0 Å². The molecular weight excluding hydrogens is 194 g/mol. The normalized spacial score (nSPS) is 23.0. The molecule has 1 fully saturated rings. The number of hydrogen-bond donors (Lipinski definition) is 0. The number of benzene rings is 2. The molecule has 0 N–H and O–H groups in total. The molecule has 1 heterocycles. The van der Waals surface area contributed by atoms with E-state index in [1.54, 1.807) is 0 Å². The lowest BCUT2D eigenvalue weighted by Crippen LogP contribution is -1.98. The molecule has 1 saturated heterocycles. The highest BCUT2D eigenvalue weighted by molar-refractivity contribution is 5.25. The van der Waals surface area contributed by atoms with Crippen molar-refractivity contribution in [1.29, 1.82) is 0 Å². The third kappa shape index (κ3) is 2.00. The Balaban J connectivity index is 1.65. The summed E-state index contributed by atoms with van der Waals surface area (Å²) in [5.41, 5.74) is 2.85. The first kappa shape index (κ1) is 9.61. The second-order valence-electron chi connectivity index (χ2n) is 4.34. The van der Waals surface area contributed by atoms with Crippen molar-refractivity contribution in [3.63, 3.8) is 0 Å². The summed E-state index contributed by atoms with van der Waals surface area (Å²) in [5, 5.41) is 0. The minimum atomic E-state index is 0.640. The maximum Gasteiger partial charge on any atom is 0.0479 e. The van der Waals surface area contributed by atoms with Crippen LogP contribution in [0.2, 0.25) is 0 Å². The molecule has 3 rings (SSSR count). The topological polar surface area (TPSA) is 3.01 Å². The van der Waals surface area contributed by atoms with E-state index in [0.717, 1.165) is 6.54 Å². The van der Waals surface area contributed by atoms with Crippen molar-refractivity contribution in [2.24, 2.45) is 0 Å². The molecule has 1 aliphatic heterocycles. The van der Waals surface area contributed by atoms with Gasteiger partial charge in [0.2, 0.25) is 0 Å². The zero-order valence-corrected chi connectivity index (χ0v) is 9.21. The SMILES string of the molecule is c1ccc(CN2C[C@H]2c2ccccc2)cc1. The molecule has 1 nitrogen and oxygen atoms in total. The molecule has 0 saturated carbocycles. The summed E-state index contributed by atoms with van der Waals surface area (Å²) in [6.07, 6.45) is 0. The van der Waals surface area contributed by atoms with Crippen LogP contribution in [0.15, 0.2) is 60.7 Å². The van der Waals surface area contributed by atoms with E-state index in [2.05, 4.69) is 65.6 Å². The lowest BCUT2D eigenvalue weighted by Gasteiger charge is -2.03. The Labute approximate surface area is 96.3 Å². The van der Waals surface area contributed by atoms with Crippen molar-refractivity contribution < 1.29 is 0 Å². The van der Waals surface area contributed by atoms with E-state index in [1.807, 2.05) is 0 Å². The van der Waals surface area contributed by atoms with Crippen LogP contribution in [0.4, 0.5) is 0 Å². The predicted octanol–water partition coefficient (Wildman–Crippen LogP) is 3.24. The first-order valence-electron chi connectivity index (χ1n) is 5.76. The van der Waals surface area contributed by atoms with Gasteiger partial charge in [-0.05, 0) is 11.1 Å². The molecule has 0 aliphatic carbocycles. The zero-order chi connectivity index (χ0) is 10.8. The van der Waals surface area contributed by atoms with Gasteiger partial charge in [-0.15, -0.1) is 0 Å². The van der Waals surface area contributed by atoms with E-state index < -0.39 is 0 Å². The van der Waals surface area contributed by atoms with Crippen molar-refractivity contribution in [3.05, 3.63) is 71.8 Å². The van der Waals surface area contributed by atoms with Gasteiger partial charge in [-0.25, -0.2) is 0 Å². The average Bonchev–Trinajstić information content (AvgIpc) is 3.11. The van der Waals surface area contributed by atoms with Crippen molar-refractivity contribution in [3.8, 4) is 0 Å². The van der Waals surface area contributed by atoms with Crippen LogP contribution >= 0.6 is 0 Å². The molecule has 0 aromatic heterocycles. The van der Waals surface area contributed by atoms with E-state index in [0.29, 0.717) is 6.04 Å². The van der Waals surface area contributed by atoms with Crippen LogP contribution in [0, 0.1) is 0 Å². The first-order chi connectivity index (χ1) is 7.93. The standard InChI is InChI=1S/C15H15N/c1-3-7-13(8-4-1)11-16-12-15(16)14-9-5-2-6-10-14/h1-10,15H,11-12H2/t15-,16?/m0/s1. The van der Waals surface area contributed by atoms with Crippen LogP contribution in [-0.2, 0) is 6.54 Å². The van der Waals surface area contributed by atoms with Gasteiger partial charge in [0.15, 0.2) is 0 Å². The monoisotopic (exact) mass is 209 g/mol. The van der Waals surface area contributed by atoms with Crippen LogP contribution in [0.3, 0.4) is 0 Å². The quantitative estimate of drug-likeness (QED) is 0.701. The van der Waals surface area contributed by atoms with Gasteiger partial charge in [-0.1, -0.05) is 60.7 Å². The Morgan fingerprint density at radius 2 is 1.50 bits per heavy atom. The number of nitrogens with zero attached hydrogens (tertiary/aromatic N) is 1. The van der Waals surface area contributed by atoms with Gasteiger partial charge in [0, 0.05) is 19.1 Å². The fraction of sp³-hybridized carbons (Fsp3) is 0.200. The lowest BCUT2D eigenvalue weighted by atomic mass is 10.1. The van der Waals surface area contributed by atoms with Crippen LogP contribution in [0.1, 0.15) is 17.2 Å². The molecule has 1 unspecified atom stereocenters. The summed E-state index contributed by atoms with van der Waals surface area (Å²) in [5.74, 6) is 0. The second kappa shape index (κ2) is 4.11. The van der Waals surface area contributed by atoms with Gasteiger partial charge in [-0.3, -0.25) is 4.90 Å². The average molecular weight is 209 g/mol. The summed E-state index contributed by atoms with van der Waals surface area (Å²) in [7, 11) is 0. The van der Waals surface area contributed by atoms with Crippen LogP contribution in [0.5, 0.6) is 0 Å². The van der Waals surface area contributed by atoms with E-state index >= 15 is 0 Å². The van der Waals surface area contributed by atoms with E-state index in [-0.39, 0.29) is 0 Å². The van der Waals surface area contributed by atoms with Crippen LogP contribution < -0.4 is 0 Å². The van der Waals surface area contributed by atoms with Crippen molar-refractivity contribution in [2.45, 2.75) is 12.6 Å². The highest BCUT2D eigenvalue weighted by Crippen LogP contribution is 2.35.